The summed E-state index contributed by atoms with van der Waals surface area (Å²) < 4.78 is 10.1. The van der Waals surface area contributed by atoms with Crippen LogP contribution in [0.3, 0.4) is 0 Å². The molecular formula is C11H17NO3. The maximum atomic E-state index is 10.6. The van der Waals surface area contributed by atoms with Crippen molar-refractivity contribution in [3.8, 4) is 11.8 Å². The SMILES string of the molecule is CC(=O)OC(C)C#CCN1CCOCC1. The molecule has 1 saturated heterocycles. The van der Waals surface area contributed by atoms with Crippen LogP contribution in [-0.2, 0) is 14.3 Å². The highest BCUT2D eigenvalue weighted by atomic mass is 16.5. The lowest BCUT2D eigenvalue weighted by Crippen LogP contribution is -2.36. The van der Waals surface area contributed by atoms with Crippen LogP contribution in [-0.4, -0.2) is 49.8 Å². The van der Waals surface area contributed by atoms with Crippen LogP contribution in [0, 0.1) is 11.8 Å². The van der Waals surface area contributed by atoms with E-state index in [9.17, 15) is 4.79 Å². The largest absolute Gasteiger partial charge is 0.450 e. The van der Waals surface area contributed by atoms with Gasteiger partial charge in [-0.25, -0.2) is 0 Å². The molecule has 0 aromatic heterocycles. The molecule has 15 heavy (non-hydrogen) atoms. The summed E-state index contributed by atoms with van der Waals surface area (Å²) in [7, 11) is 0. The second-order valence-corrected chi connectivity index (χ2v) is 3.46. The Bertz CT molecular complexity index is 261. The van der Waals surface area contributed by atoms with E-state index in [0.29, 0.717) is 0 Å². The molecule has 0 aliphatic carbocycles. The molecule has 1 aliphatic heterocycles. The number of carbonyl (C=O) groups excluding carboxylic acids is 1. The summed E-state index contributed by atoms with van der Waals surface area (Å²) in [6.07, 6.45) is -0.316. The highest BCUT2D eigenvalue weighted by molar-refractivity contribution is 5.66. The molecule has 0 amide bonds. The molecule has 1 unspecified atom stereocenters. The maximum absolute atomic E-state index is 10.6. The average Bonchev–Trinajstić information content (AvgIpc) is 2.18. The fourth-order valence-electron chi connectivity index (χ4n) is 1.34. The topological polar surface area (TPSA) is 38.8 Å². The number of hydrogen-bond acceptors (Lipinski definition) is 4. The van der Waals surface area contributed by atoms with E-state index in [2.05, 4.69) is 16.7 Å². The molecule has 0 spiro atoms. The zero-order valence-electron chi connectivity index (χ0n) is 9.28. The first-order chi connectivity index (χ1) is 7.18. The fraction of sp³-hybridized carbons (Fsp3) is 0.727. The molecule has 1 aliphatic rings. The minimum absolute atomic E-state index is 0.289. The summed E-state index contributed by atoms with van der Waals surface area (Å²) in [5.74, 6) is 5.60. The molecule has 0 N–H and O–H groups in total. The van der Waals surface area contributed by atoms with Gasteiger partial charge < -0.3 is 9.47 Å². The highest BCUT2D eigenvalue weighted by Gasteiger charge is 2.08. The number of rotatable bonds is 2. The van der Waals surface area contributed by atoms with Crippen LogP contribution in [0.4, 0.5) is 0 Å². The van der Waals surface area contributed by atoms with Crippen molar-refractivity contribution in [2.45, 2.75) is 20.0 Å². The lowest BCUT2D eigenvalue weighted by Gasteiger charge is -2.24. The van der Waals surface area contributed by atoms with Crippen LogP contribution in [0.1, 0.15) is 13.8 Å². The fourth-order valence-corrected chi connectivity index (χ4v) is 1.34. The number of morpholine rings is 1. The Morgan fingerprint density at radius 3 is 2.80 bits per heavy atom. The van der Waals surface area contributed by atoms with Gasteiger partial charge in [0.1, 0.15) is 0 Å². The minimum atomic E-state index is -0.316. The second-order valence-electron chi connectivity index (χ2n) is 3.46. The van der Waals surface area contributed by atoms with E-state index in [-0.39, 0.29) is 12.1 Å². The van der Waals surface area contributed by atoms with Crippen LogP contribution in [0.25, 0.3) is 0 Å². The number of esters is 1. The molecule has 0 aromatic rings. The van der Waals surface area contributed by atoms with E-state index >= 15 is 0 Å². The Morgan fingerprint density at radius 2 is 2.20 bits per heavy atom. The normalized spacial score (nSPS) is 18.8. The Morgan fingerprint density at radius 1 is 1.53 bits per heavy atom. The Balaban J connectivity index is 2.22. The summed E-state index contributed by atoms with van der Waals surface area (Å²) in [6.45, 7) is 7.29. The van der Waals surface area contributed by atoms with Gasteiger partial charge in [-0.3, -0.25) is 9.69 Å². The predicted molar refractivity (Wildman–Crippen MR) is 56.3 cm³/mol. The first-order valence-corrected chi connectivity index (χ1v) is 5.14. The third-order valence-corrected chi connectivity index (χ3v) is 2.05. The number of carbonyl (C=O) groups is 1. The molecule has 1 atom stereocenters. The zero-order valence-corrected chi connectivity index (χ0v) is 9.28. The summed E-state index contributed by atoms with van der Waals surface area (Å²) in [5.41, 5.74) is 0. The van der Waals surface area contributed by atoms with Gasteiger partial charge >= 0.3 is 5.97 Å². The Hall–Kier alpha value is -1.05. The van der Waals surface area contributed by atoms with Crippen molar-refractivity contribution in [3.05, 3.63) is 0 Å². The predicted octanol–water partition coefficient (Wildman–Crippen LogP) is 0.274. The molecule has 0 radical (unpaired) electrons. The van der Waals surface area contributed by atoms with E-state index in [1.165, 1.54) is 6.92 Å². The third-order valence-electron chi connectivity index (χ3n) is 2.05. The first kappa shape index (κ1) is 12.0. The average molecular weight is 211 g/mol. The summed E-state index contributed by atoms with van der Waals surface area (Å²) in [6, 6.07) is 0. The van der Waals surface area contributed by atoms with Gasteiger partial charge in [-0.15, -0.1) is 0 Å². The zero-order chi connectivity index (χ0) is 11.1. The number of ether oxygens (including phenoxy) is 2. The van der Waals surface area contributed by atoms with Crippen LogP contribution in [0.15, 0.2) is 0 Å². The van der Waals surface area contributed by atoms with Crippen LogP contribution < -0.4 is 0 Å². The van der Waals surface area contributed by atoms with Crippen molar-refractivity contribution in [2.75, 3.05) is 32.8 Å². The van der Waals surface area contributed by atoms with E-state index in [1.807, 2.05) is 0 Å². The third kappa shape index (κ3) is 5.40. The first-order valence-electron chi connectivity index (χ1n) is 5.14. The Kier molecular flexibility index (Phi) is 5.16. The minimum Gasteiger partial charge on any atom is -0.450 e. The molecule has 1 rings (SSSR count). The molecule has 0 bridgehead atoms. The standard InChI is InChI=1S/C11H17NO3/c1-10(15-11(2)13)4-3-5-12-6-8-14-9-7-12/h10H,5-9H2,1-2H3. The van der Waals surface area contributed by atoms with Gasteiger partial charge in [0, 0.05) is 20.0 Å². The van der Waals surface area contributed by atoms with Crippen molar-refractivity contribution in [3.63, 3.8) is 0 Å². The van der Waals surface area contributed by atoms with Gasteiger partial charge in [-0.05, 0) is 6.92 Å². The maximum Gasteiger partial charge on any atom is 0.303 e. The molecular weight excluding hydrogens is 194 g/mol. The monoisotopic (exact) mass is 211 g/mol. The Labute approximate surface area is 90.5 Å². The number of hydrogen-bond donors (Lipinski definition) is 0. The van der Waals surface area contributed by atoms with Crippen molar-refractivity contribution in [1.82, 2.24) is 4.90 Å². The van der Waals surface area contributed by atoms with Gasteiger partial charge in [0.05, 0.1) is 19.8 Å². The summed E-state index contributed by atoms with van der Waals surface area (Å²) in [5, 5.41) is 0. The van der Waals surface area contributed by atoms with Crippen LogP contribution in [0.2, 0.25) is 0 Å². The van der Waals surface area contributed by atoms with Gasteiger partial charge in [0.15, 0.2) is 6.10 Å². The quantitative estimate of drug-likeness (QED) is 0.485. The smallest absolute Gasteiger partial charge is 0.303 e. The van der Waals surface area contributed by atoms with E-state index in [4.69, 9.17) is 9.47 Å². The van der Waals surface area contributed by atoms with Crippen molar-refractivity contribution >= 4 is 5.97 Å². The number of nitrogens with zero attached hydrogens (tertiary/aromatic N) is 1. The highest BCUT2D eigenvalue weighted by Crippen LogP contribution is 1.95. The molecule has 1 fully saturated rings. The van der Waals surface area contributed by atoms with Gasteiger partial charge in [-0.2, -0.15) is 0 Å². The van der Waals surface area contributed by atoms with Gasteiger partial charge in [0.25, 0.3) is 0 Å². The van der Waals surface area contributed by atoms with Crippen LogP contribution >= 0.6 is 0 Å². The molecule has 4 heteroatoms. The molecule has 0 aromatic carbocycles. The molecule has 1 heterocycles. The summed E-state index contributed by atoms with van der Waals surface area (Å²) in [4.78, 5) is 12.8. The molecule has 84 valence electrons. The van der Waals surface area contributed by atoms with E-state index < -0.39 is 0 Å². The molecule has 0 saturated carbocycles. The van der Waals surface area contributed by atoms with Gasteiger partial charge in [0.2, 0.25) is 0 Å². The van der Waals surface area contributed by atoms with Crippen molar-refractivity contribution in [1.29, 1.82) is 0 Å². The van der Waals surface area contributed by atoms with Crippen LogP contribution in [0.5, 0.6) is 0 Å². The van der Waals surface area contributed by atoms with Gasteiger partial charge in [-0.1, -0.05) is 11.8 Å². The van der Waals surface area contributed by atoms with Crippen molar-refractivity contribution in [2.24, 2.45) is 0 Å². The lowest BCUT2D eigenvalue weighted by atomic mass is 10.3. The lowest BCUT2D eigenvalue weighted by molar-refractivity contribution is -0.143. The van der Waals surface area contributed by atoms with E-state index in [1.54, 1.807) is 6.92 Å². The molecule has 4 nitrogen and oxygen atoms in total. The second kappa shape index (κ2) is 6.44. The van der Waals surface area contributed by atoms with E-state index in [0.717, 1.165) is 32.8 Å². The summed E-state index contributed by atoms with van der Waals surface area (Å²) >= 11 is 0. The van der Waals surface area contributed by atoms with Crippen molar-refractivity contribution < 1.29 is 14.3 Å².